The van der Waals surface area contributed by atoms with Gasteiger partial charge in [-0.05, 0) is 17.5 Å². The fourth-order valence-electron chi connectivity index (χ4n) is 1.82. The van der Waals surface area contributed by atoms with E-state index >= 15 is 0 Å². The summed E-state index contributed by atoms with van der Waals surface area (Å²) in [6.07, 6.45) is 2.20. The van der Waals surface area contributed by atoms with Gasteiger partial charge in [-0.15, -0.1) is 0 Å². The Morgan fingerprint density at radius 1 is 1.22 bits per heavy atom. The number of carboxylic acid groups (broad SMARTS) is 1. The van der Waals surface area contributed by atoms with Crippen molar-refractivity contribution in [3.05, 3.63) is 36.5 Å². The van der Waals surface area contributed by atoms with E-state index in [-0.39, 0.29) is 18.9 Å². The zero-order chi connectivity index (χ0) is 13.0. The quantitative estimate of drug-likeness (QED) is 0.833. The Bertz CT molecular complexity index is 574. The van der Waals surface area contributed by atoms with Gasteiger partial charge in [-0.2, -0.15) is 0 Å². The largest absolute Gasteiger partial charge is 0.480 e. The number of carbonyl (C=O) groups excluding carboxylic acids is 1. The van der Waals surface area contributed by atoms with E-state index in [1.807, 2.05) is 41.1 Å². The predicted octanol–water partition coefficient (Wildman–Crippen LogP) is 1.23. The molecule has 0 bridgehead atoms. The van der Waals surface area contributed by atoms with Gasteiger partial charge in [0.15, 0.2) is 0 Å². The molecular formula is C13H14N2O3. The van der Waals surface area contributed by atoms with Crippen molar-refractivity contribution < 1.29 is 14.7 Å². The Hall–Kier alpha value is -2.30. The Morgan fingerprint density at radius 2 is 2.00 bits per heavy atom. The van der Waals surface area contributed by atoms with Gasteiger partial charge in [0.05, 0.1) is 0 Å². The number of carboxylic acids is 1. The third kappa shape index (κ3) is 2.88. The van der Waals surface area contributed by atoms with E-state index in [0.29, 0.717) is 6.54 Å². The van der Waals surface area contributed by atoms with E-state index in [9.17, 15) is 9.59 Å². The summed E-state index contributed by atoms with van der Waals surface area (Å²) in [5.41, 5.74) is 1.07. The van der Waals surface area contributed by atoms with Gasteiger partial charge in [0.1, 0.15) is 6.54 Å². The number of nitrogens with one attached hydrogen (secondary N) is 1. The van der Waals surface area contributed by atoms with Crippen LogP contribution >= 0.6 is 0 Å². The molecule has 1 heterocycles. The van der Waals surface area contributed by atoms with Gasteiger partial charge in [-0.1, -0.05) is 18.2 Å². The highest BCUT2D eigenvalue weighted by atomic mass is 16.4. The molecule has 0 atom stereocenters. The standard InChI is InChI=1S/C13H14N2O3/c16-12(14-9-13(17)18)6-8-15-7-5-10-3-1-2-4-11(10)15/h1-5,7H,6,8-9H2,(H,14,16)(H,17,18). The maximum atomic E-state index is 11.4. The molecule has 0 radical (unpaired) electrons. The van der Waals surface area contributed by atoms with Crippen molar-refractivity contribution in [3.8, 4) is 0 Å². The Balaban J connectivity index is 1.94. The third-order valence-corrected chi connectivity index (χ3v) is 2.70. The number of benzene rings is 1. The number of aliphatic carboxylic acids is 1. The summed E-state index contributed by atoms with van der Waals surface area (Å²) in [5, 5.41) is 11.9. The third-order valence-electron chi connectivity index (χ3n) is 2.70. The molecule has 0 aliphatic heterocycles. The first-order chi connectivity index (χ1) is 8.66. The van der Waals surface area contributed by atoms with Crippen molar-refractivity contribution in [1.29, 1.82) is 0 Å². The van der Waals surface area contributed by atoms with E-state index in [2.05, 4.69) is 5.32 Å². The zero-order valence-corrected chi connectivity index (χ0v) is 9.80. The monoisotopic (exact) mass is 246 g/mol. The summed E-state index contributed by atoms with van der Waals surface area (Å²) in [6, 6.07) is 9.90. The molecule has 0 spiro atoms. The van der Waals surface area contributed by atoms with E-state index in [1.54, 1.807) is 0 Å². The van der Waals surface area contributed by atoms with Gasteiger partial charge in [0.2, 0.25) is 5.91 Å². The lowest BCUT2D eigenvalue weighted by Crippen LogP contribution is -2.29. The number of aromatic nitrogens is 1. The van der Waals surface area contributed by atoms with Gasteiger partial charge in [0.25, 0.3) is 0 Å². The smallest absolute Gasteiger partial charge is 0.322 e. The van der Waals surface area contributed by atoms with Crippen LogP contribution in [0.15, 0.2) is 36.5 Å². The SMILES string of the molecule is O=C(O)CNC(=O)CCn1ccc2ccccc21. The van der Waals surface area contributed by atoms with Gasteiger partial charge >= 0.3 is 5.97 Å². The number of carbonyl (C=O) groups is 2. The molecule has 2 rings (SSSR count). The van der Waals surface area contributed by atoms with E-state index in [0.717, 1.165) is 10.9 Å². The second-order valence-electron chi connectivity index (χ2n) is 3.99. The summed E-state index contributed by atoms with van der Waals surface area (Å²) >= 11 is 0. The number of hydrogen-bond donors (Lipinski definition) is 2. The summed E-state index contributed by atoms with van der Waals surface area (Å²) < 4.78 is 1.98. The fraction of sp³-hybridized carbons (Fsp3) is 0.231. The molecule has 0 aliphatic carbocycles. The predicted molar refractivity (Wildman–Crippen MR) is 67.2 cm³/mol. The van der Waals surface area contributed by atoms with E-state index in [4.69, 9.17) is 5.11 Å². The number of rotatable bonds is 5. The minimum Gasteiger partial charge on any atom is -0.480 e. The summed E-state index contributed by atoms with van der Waals surface area (Å²) in [6.45, 7) is 0.213. The van der Waals surface area contributed by atoms with Crippen LogP contribution in [0.25, 0.3) is 10.9 Å². The fourth-order valence-corrected chi connectivity index (χ4v) is 1.82. The zero-order valence-electron chi connectivity index (χ0n) is 9.80. The molecule has 0 saturated heterocycles. The molecule has 1 aromatic carbocycles. The first-order valence-corrected chi connectivity index (χ1v) is 5.69. The molecule has 0 saturated carbocycles. The highest BCUT2D eigenvalue weighted by Crippen LogP contribution is 2.15. The Morgan fingerprint density at radius 3 is 2.78 bits per heavy atom. The van der Waals surface area contributed by atoms with Crippen LogP contribution < -0.4 is 5.32 Å². The maximum Gasteiger partial charge on any atom is 0.322 e. The van der Waals surface area contributed by atoms with Gasteiger partial charge in [-0.3, -0.25) is 9.59 Å². The average Bonchev–Trinajstić information content (AvgIpc) is 2.77. The molecule has 0 fully saturated rings. The average molecular weight is 246 g/mol. The van der Waals surface area contributed by atoms with Crippen LogP contribution in [0.5, 0.6) is 0 Å². The van der Waals surface area contributed by atoms with Crippen molar-refractivity contribution in [2.75, 3.05) is 6.54 Å². The van der Waals surface area contributed by atoms with Crippen molar-refractivity contribution in [1.82, 2.24) is 9.88 Å². The first kappa shape index (κ1) is 12.2. The lowest BCUT2D eigenvalue weighted by Gasteiger charge is -2.05. The summed E-state index contributed by atoms with van der Waals surface area (Å²) in [5.74, 6) is -1.29. The van der Waals surface area contributed by atoms with Crippen LogP contribution in [0.1, 0.15) is 6.42 Å². The first-order valence-electron chi connectivity index (χ1n) is 5.69. The van der Waals surface area contributed by atoms with E-state index in [1.165, 1.54) is 0 Å². The lowest BCUT2D eigenvalue weighted by atomic mass is 10.2. The molecule has 2 N–H and O–H groups in total. The van der Waals surface area contributed by atoms with E-state index < -0.39 is 5.97 Å². The number of nitrogens with zero attached hydrogens (tertiary/aromatic N) is 1. The van der Waals surface area contributed by atoms with Gasteiger partial charge < -0.3 is 15.0 Å². The Labute approximate surface area is 104 Å². The van der Waals surface area contributed by atoms with Crippen LogP contribution in [-0.2, 0) is 16.1 Å². The van der Waals surface area contributed by atoms with Crippen LogP contribution in [0.4, 0.5) is 0 Å². The topological polar surface area (TPSA) is 71.3 Å². The molecule has 18 heavy (non-hydrogen) atoms. The lowest BCUT2D eigenvalue weighted by molar-refractivity contribution is -0.137. The van der Waals surface area contributed by atoms with Crippen LogP contribution in [0.3, 0.4) is 0 Å². The second kappa shape index (κ2) is 5.35. The van der Waals surface area contributed by atoms with Gasteiger partial charge in [-0.25, -0.2) is 0 Å². The summed E-state index contributed by atoms with van der Waals surface area (Å²) in [7, 11) is 0. The molecule has 1 amide bonds. The molecule has 5 nitrogen and oxygen atoms in total. The molecule has 0 unspecified atom stereocenters. The molecular weight excluding hydrogens is 232 g/mol. The minimum absolute atomic E-state index is 0.254. The molecule has 0 aliphatic rings. The van der Waals surface area contributed by atoms with Crippen LogP contribution in [0.2, 0.25) is 0 Å². The van der Waals surface area contributed by atoms with Crippen molar-refractivity contribution >= 4 is 22.8 Å². The van der Waals surface area contributed by atoms with Crippen LogP contribution in [0, 0.1) is 0 Å². The highest BCUT2D eigenvalue weighted by molar-refractivity contribution is 5.82. The number of para-hydroxylation sites is 1. The molecule has 94 valence electrons. The Kier molecular flexibility index (Phi) is 3.62. The van der Waals surface area contributed by atoms with Crippen LogP contribution in [-0.4, -0.2) is 28.1 Å². The minimum atomic E-state index is -1.03. The molecule has 2 aromatic rings. The van der Waals surface area contributed by atoms with Crippen molar-refractivity contribution in [3.63, 3.8) is 0 Å². The van der Waals surface area contributed by atoms with Gasteiger partial charge in [0, 0.05) is 24.7 Å². The number of hydrogen-bond acceptors (Lipinski definition) is 2. The normalized spacial score (nSPS) is 10.4. The second-order valence-corrected chi connectivity index (χ2v) is 3.99. The number of fused-ring (bicyclic) bond motifs is 1. The number of aryl methyl sites for hydroxylation is 1. The molecule has 5 heteroatoms. The highest BCUT2D eigenvalue weighted by Gasteiger charge is 2.05. The van der Waals surface area contributed by atoms with Crippen molar-refractivity contribution in [2.45, 2.75) is 13.0 Å². The summed E-state index contributed by atoms with van der Waals surface area (Å²) in [4.78, 5) is 21.7. The maximum absolute atomic E-state index is 11.4. The van der Waals surface area contributed by atoms with Crippen molar-refractivity contribution in [2.24, 2.45) is 0 Å². The molecule has 1 aromatic heterocycles. The number of amides is 1.